The third-order valence-corrected chi connectivity index (χ3v) is 10.5. The minimum absolute atomic E-state index is 0.0305. The van der Waals surface area contributed by atoms with E-state index >= 15 is 0 Å². The van der Waals surface area contributed by atoms with Crippen LogP contribution in [0.25, 0.3) is 10.9 Å². The molecule has 1 atom stereocenters. The largest absolute Gasteiger partial charge is 0.359 e. The Morgan fingerprint density at radius 2 is 1.48 bits per heavy atom. The molecule has 5 aromatic rings. The Morgan fingerprint density at radius 1 is 0.870 bits per heavy atom. The summed E-state index contributed by atoms with van der Waals surface area (Å²) in [7, 11) is -4.72. The summed E-state index contributed by atoms with van der Waals surface area (Å²) in [4.78, 5) is 59.5. The quantitative estimate of drug-likeness (QED) is 0.152. The maximum atomic E-state index is 14.1. The lowest BCUT2D eigenvalue weighted by Crippen LogP contribution is -2.54. The molecule has 10 nitrogen and oxygen atoms in total. The van der Waals surface area contributed by atoms with E-state index in [0.717, 1.165) is 22.9 Å². The molecule has 1 aliphatic heterocycles. The van der Waals surface area contributed by atoms with E-state index in [1.54, 1.807) is 17.9 Å². The molecule has 6 rings (SSSR count). The summed E-state index contributed by atoms with van der Waals surface area (Å²) in [6, 6.07) is 31.5. The standard InChI is InChI=1S/C34H34N5O5PS/c1-24(33(40)38-21-19-37(20-22-38)31(25-11-4-2-5-12-25)26-13-6-3-7-14-26)39(46-32-30(45(42,43)44)17-10-18-35-32)34(41)29-23-27-15-8-9-16-28(27)36-29/h2-18,23-24,31,36H,19-22H2,1H3,(H2,42,43,44)/t24-/m1/s1. The maximum absolute atomic E-state index is 14.1. The summed E-state index contributed by atoms with van der Waals surface area (Å²) in [6.45, 7) is 3.79. The fourth-order valence-electron chi connectivity index (χ4n) is 5.82. The van der Waals surface area contributed by atoms with Crippen LogP contribution in [-0.4, -0.2) is 77.9 Å². The van der Waals surface area contributed by atoms with Crippen molar-refractivity contribution >= 4 is 47.6 Å². The van der Waals surface area contributed by atoms with Gasteiger partial charge < -0.3 is 19.7 Å². The number of carbonyl (C=O) groups is 2. The van der Waals surface area contributed by atoms with Gasteiger partial charge in [-0.3, -0.25) is 23.4 Å². The second kappa shape index (κ2) is 13.6. The van der Waals surface area contributed by atoms with Gasteiger partial charge in [0.2, 0.25) is 5.91 Å². The molecule has 12 heteroatoms. The summed E-state index contributed by atoms with van der Waals surface area (Å²) in [5.41, 5.74) is 3.35. The highest BCUT2D eigenvalue weighted by molar-refractivity contribution is 7.98. The van der Waals surface area contributed by atoms with Gasteiger partial charge in [0, 0.05) is 55.2 Å². The summed E-state index contributed by atoms with van der Waals surface area (Å²) in [6.07, 6.45) is 1.40. The van der Waals surface area contributed by atoms with E-state index < -0.39 is 19.5 Å². The van der Waals surface area contributed by atoms with Gasteiger partial charge in [-0.25, -0.2) is 4.98 Å². The molecule has 236 valence electrons. The first-order chi connectivity index (χ1) is 22.2. The number of hydrogen-bond acceptors (Lipinski definition) is 6. The molecule has 46 heavy (non-hydrogen) atoms. The van der Waals surface area contributed by atoms with Crippen LogP contribution in [0.5, 0.6) is 0 Å². The molecule has 1 fully saturated rings. The number of carbonyl (C=O) groups excluding carboxylic acids is 2. The predicted octanol–water partition coefficient (Wildman–Crippen LogP) is 4.84. The average Bonchev–Trinajstić information content (AvgIpc) is 3.52. The molecule has 2 amide bonds. The number of hydrogen-bond donors (Lipinski definition) is 3. The molecule has 1 aliphatic rings. The molecule has 3 N–H and O–H groups in total. The van der Waals surface area contributed by atoms with Gasteiger partial charge in [0.15, 0.2) is 0 Å². The summed E-state index contributed by atoms with van der Waals surface area (Å²) in [5.74, 6) is -0.766. The topological polar surface area (TPSA) is 130 Å². The third-order valence-electron chi connectivity index (χ3n) is 8.14. The number of aromatic nitrogens is 2. The van der Waals surface area contributed by atoms with Gasteiger partial charge in [-0.15, -0.1) is 0 Å². The Bertz CT molecular complexity index is 1800. The van der Waals surface area contributed by atoms with Crippen molar-refractivity contribution in [2.45, 2.75) is 24.0 Å². The number of fused-ring (bicyclic) bond motifs is 1. The van der Waals surface area contributed by atoms with Crippen molar-refractivity contribution in [3.8, 4) is 0 Å². The number of piperazine rings is 1. The monoisotopic (exact) mass is 655 g/mol. The van der Waals surface area contributed by atoms with Gasteiger partial charge >= 0.3 is 7.60 Å². The highest BCUT2D eigenvalue weighted by atomic mass is 32.2. The number of rotatable bonds is 9. The van der Waals surface area contributed by atoms with Crippen LogP contribution in [0, 0.1) is 0 Å². The molecular formula is C34H34N5O5PS. The van der Waals surface area contributed by atoms with Crippen molar-refractivity contribution in [2.24, 2.45) is 0 Å². The SMILES string of the molecule is C[C@H](C(=O)N1CCN(C(c2ccccc2)c2ccccc2)CC1)N(Sc1ncccc1P(=O)(O)O)C(=O)c1cc2ccccc2[nH]1. The van der Waals surface area contributed by atoms with Gasteiger partial charge in [0.05, 0.1) is 11.3 Å². The van der Waals surface area contributed by atoms with Crippen molar-refractivity contribution in [3.05, 3.63) is 126 Å². The highest BCUT2D eigenvalue weighted by Crippen LogP contribution is 2.38. The maximum Gasteiger partial charge on any atom is 0.359 e. The zero-order chi connectivity index (χ0) is 32.3. The molecule has 3 aromatic carbocycles. The Balaban J connectivity index is 1.25. The van der Waals surface area contributed by atoms with Crippen LogP contribution < -0.4 is 5.30 Å². The average molecular weight is 656 g/mol. The van der Waals surface area contributed by atoms with Crippen LogP contribution in [0.3, 0.4) is 0 Å². The van der Waals surface area contributed by atoms with Gasteiger partial charge in [-0.05, 0) is 42.3 Å². The fraction of sp³-hybridized carbons (Fsp3) is 0.206. The van der Waals surface area contributed by atoms with E-state index in [0.29, 0.717) is 26.2 Å². The van der Waals surface area contributed by atoms with Crippen LogP contribution in [0.2, 0.25) is 0 Å². The van der Waals surface area contributed by atoms with E-state index in [2.05, 4.69) is 39.1 Å². The molecule has 0 saturated carbocycles. The third kappa shape index (κ3) is 6.79. The van der Waals surface area contributed by atoms with Crippen LogP contribution in [0.1, 0.15) is 34.6 Å². The van der Waals surface area contributed by atoms with Crippen LogP contribution >= 0.6 is 19.5 Å². The van der Waals surface area contributed by atoms with E-state index in [9.17, 15) is 23.9 Å². The van der Waals surface area contributed by atoms with Gasteiger partial charge in [-0.2, -0.15) is 0 Å². The fourth-order valence-corrected chi connectivity index (χ4v) is 7.77. The Kier molecular flexibility index (Phi) is 9.39. The smallest absolute Gasteiger partial charge is 0.350 e. The van der Waals surface area contributed by atoms with Gasteiger partial charge in [0.1, 0.15) is 16.8 Å². The molecule has 0 spiro atoms. The van der Waals surface area contributed by atoms with Gasteiger partial charge in [-0.1, -0.05) is 78.9 Å². The Hall–Kier alpha value is -4.25. The number of amides is 2. The van der Waals surface area contributed by atoms with Crippen LogP contribution in [0.15, 0.2) is 114 Å². The molecular weight excluding hydrogens is 621 g/mol. The summed E-state index contributed by atoms with van der Waals surface area (Å²) in [5, 5.41) is 0.472. The van der Waals surface area contributed by atoms with E-state index in [1.165, 1.54) is 33.8 Å². The minimum atomic E-state index is -4.72. The normalized spacial score (nSPS) is 14.8. The minimum Gasteiger partial charge on any atom is -0.350 e. The number of benzene rings is 3. The lowest BCUT2D eigenvalue weighted by Gasteiger charge is -2.41. The summed E-state index contributed by atoms with van der Waals surface area (Å²) >= 11 is 0.758. The second-order valence-corrected chi connectivity index (χ2v) is 13.7. The zero-order valence-corrected chi connectivity index (χ0v) is 26.8. The molecule has 0 radical (unpaired) electrons. The number of aromatic amines is 1. The zero-order valence-electron chi connectivity index (χ0n) is 25.1. The number of para-hydroxylation sites is 1. The molecule has 2 aromatic heterocycles. The summed E-state index contributed by atoms with van der Waals surface area (Å²) < 4.78 is 13.5. The van der Waals surface area contributed by atoms with E-state index in [1.807, 2.05) is 60.7 Å². The Morgan fingerprint density at radius 3 is 2.09 bits per heavy atom. The number of pyridine rings is 1. The lowest BCUT2D eigenvalue weighted by molar-refractivity contribution is -0.136. The van der Waals surface area contributed by atoms with E-state index in [-0.39, 0.29) is 28.0 Å². The first-order valence-electron chi connectivity index (χ1n) is 14.9. The molecule has 3 heterocycles. The van der Waals surface area contributed by atoms with Crippen LogP contribution in [-0.2, 0) is 9.36 Å². The second-order valence-electron chi connectivity index (χ2n) is 11.1. The van der Waals surface area contributed by atoms with Crippen molar-refractivity contribution in [3.63, 3.8) is 0 Å². The van der Waals surface area contributed by atoms with Crippen molar-refractivity contribution in [1.29, 1.82) is 0 Å². The molecule has 0 aliphatic carbocycles. The van der Waals surface area contributed by atoms with E-state index in [4.69, 9.17) is 0 Å². The van der Waals surface area contributed by atoms with Gasteiger partial charge in [0.25, 0.3) is 5.91 Å². The first kappa shape index (κ1) is 31.7. The molecule has 0 bridgehead atoms. The number of H-pyrrole nitrogens is 1. The van der Waals surface area contributed by atoms with Crippen LogP contribution in [0.4, 0.5) is 0 Å². The molecule has 0 unspecified atom stereocenters. The van der Waals surface area contributed by atoms with Crippen molar-refractivity contribution in [1.82, 2.24) is 24.1 Å². The highest BCUT2D eigenvalue weighted by Gasteiger charge is 2.36. The number of nitrogens with zero attached hydrogens (tertiary/aromatic N) is 4. The predicted molar refractivity (Wildman–Crippen MR) is 179 cm³/mol. The van der Waals surface area contributed by atoms with Crippen molar-refractivity contribution in [2.75, 3.05) is 26.2 Å². The lowest BCUT2D eigenvalue weighted by atomic mass is 9.96. The molecule has 1 saturated heterocycles. The van der Waals surface area contributed by atoms with Crippen molar-refractivity contribution < 1.29 is 23.9 Å². The first-order valence-corrected chi connectivity index (χ1v) is 17.3. The Labute approximate surface area is 271 Å². The number of nitrogens with one attached hydrogen (secondary N) is 1.